The van der Waals surface area contributed by atoms with Crippen molar-refractivity contribution in [3.63, 3.8) is 0 Å². The first kappa shape index (κ1) is 14.2. The van der Waals surface area contributed by atoms with Gasteiger partial charge in [0, 0.05) is 26.1 Å². The number of carbonyl (C=O) groups excluding carboxylic acids is 1. The van der Waals surface area contributed by atoms with Gasteiger partial charge in [0.05, 0.1) is 0 Å². The zero-order chi connectivity index (χ0) is 16.0. The highest BCUT2D eigenvalue weighted by Crippen LogP contribution is 2.55. The molecule has 0 radical (unpaired) electrons. The second-order valence-corrected chi connectivity index (χ2v) is 6.77. The number of benzene rings is 1. The van der Waals surface area contributed by atoms with Gasteiger partial charge < -0.3 is 4.90 Å². The van der Waals surface area contributed by atoms with E-state index >= 15 is 0 Å². The summed E-state index contributed by atoms with van der Waals surface area (Å²) in [7, 11) is 1.54. The van der Waals surface area contributed by atoms with E-state index in [1.807, 2.05) is 11.0 Å². The number of rotatable bonds is 2. The number of aromatic amines is 1. The molecule has 0 bridgehead atoms. The second kappa shape index (κ2) is 5.08. The molecule has 2 aromatic rings. The van der Waals surface area contributed by atoms with Crippen LogP contribution in [0.5, 0.6) is 0 Å². The van der Waals surface area contributed by atoms with Crippen LogP contribution in [0.25, 0.3) is 0 Å². The zero-order valence-electron chi connectivity index (χ0n) is 13.2. The van der Waals surface area contributed by atoms with Gasteiger partial charge in [-0.1, -0.05) is 36.8 Å². The summed E-state index contributed by atoms with van der Waals surface area (Å²) in [6.45, 7) is 1.45. The molecule has 1 N–H and O–H groups in total. The summed E-state index contributed by atoms with van der Waals surface area (Å²) in [4.78, 5) is 28.6. The van der Waals surface area contributed by atoms with E-state index in [2.05, 4.69) is 34.3 Å². The van der Waals surface area contributed by atoms with Crippen LogP contribution in [-0.4, -0.2) is 38.7 Å². The van der Waals surface area contributed by atoms with Crippen molar-refractivity contribution in [1.82, 2.24) is 19.7 Å². The molecule has 1 saturated carbocycles. The summed E-state index contributed by atoms with van der Waals surface area (Å²) in [6, 6.07) is 10.4. The lowest BCUT2D eigenvalue weighted by Gasteiger charge is -2.43. The molecular formula is C17H20N4O2. The third-order valence-corrected chi connectivity index (χ3v) is 5.46. The van der Waals surface area contributed by atoms with Gasteiger partial charge in [0.1, 0.15) is 0 Å². The maximum Gasteiger partial charge on any atom is 0.343 e. The molecule has 1 aromatic heterocycles. The second-order valence-electron chi connectivity index (χ2n) is 6.77. The van der Waals surface area contributed by atoms with E-state index in [9.17, 15) is 9.59 Å². The van der Waals surface area contributed by atoms with E-state index in [0.29, 0.717) is 12.5 Å². The molecule has 4 rings (SSSR count). The molecule has 1 aliphatic carbocycles. The number of likely N-dealkylation sites (tertiary alicyclic amines) is 1. The quantitative estimate of drug-likeness (QED) is 0.914. The smallest absolute Gasteiger partial charge is 0.335 e. The molecule has 1 unspecified atom stereocenters. The molecule has 1 aliphatic heterocycles. The van der Waals surface area contributed by atoms with Gasteiger partial charge in [0.25, 0.3) is 5.91 Å². The normalized spacial score (nSPS) is 22.3. The average molecular weight is 312 g/mol. The van der Waals surface area contributed by atoms with E-state index < -0.39 is 0 Å². The van der Waals surface area contributed by atoms with Crippen LogP contribution in [-0.2, 0) is 7.05 Å². The molecule has 2 fully saturated rings. The number of aryl methyl sites for hydroxylation is 1. The number of carbonyl (C=O) groups is 1. The van der Waals surface area contributed by atoms with Crippen molar-refractivity contribution >= 4 is 5.91 Å². The highest BCUT2D eigenvalue weighted by atomic mass is 16.2. The number of amides is 1. The summed E-state index contributed by atoms with van der Waals surface area (Å²) in [5.41, 5.74) is 1.15. The molecule has 6 heteroatoms. The van der Waals surface area contributed by atoms with Gasteiger partial charge in [-0.25, -0.2) is 9.48 Å². The van der Waals surface area contributed by atoms with Crippen molar-refractivity contribution < 1.29 is 4.79 Å². The fraction of sp³-hybridized carbons (Fsp3) is 0.471. The number of nitrogens with zero attached hydrogens (tertiary/aromatic N) is 3. The predicted molar refractivity (Wildman–Crippen MR) is 85.2 cm³/mol. The minimum Gasteiger partial charge on any atom is -0.335 e. The Balaban J connectivity index is 1.62. The van der Waals surface area contributed by atoms with Crippen LogP contribution in [0.15, 0.2) is 35.1 Å². The van der Waals surface area contributed by atoms with Crippen molar-refractivity contribution in [1.29, 1.82) is 0 Å². The summed E-state index contributed by atoms with van der Waals surface area (Å²) in [5.74, 6) is 0.338. The predicted octanol–water partition coefficient (Wildman–Crippen LogP) is 1.52. The lowest BCUT2D eigenvalue weighted by molar-refractivity contribution is 0.0714. The van der Waals surface area contributed by atoms with Gasteiger partial charge in [-0.05, 0) is 23.8 Å². The van der Waals surface area contributed by atoms with Crippen LogP contribution in [0.4, 0.5) is 0 Å². The maximum absolute atomic E-state index is 12.7. The van der Waals surface area contributed by atoms with Crippen LogP contribution in [0, 0.1) is 5.41 Å². The van der Waals surface area contributed by atoms with Gasteiger partial charge >= 0.3 is 5.69 Å². The van der Waals surface area contributed by atoms with Gasteiger partial charge in [0.15, 0.2) is 0 Å². The number of H-pyrrole nitrogens is 1. The van der Waals surface area contributed by atoms with Crippen molar-refractivity contribution in [3.05, 3.63) is 52.2 Å². The van der Waals surface area contributed by atoms with Crippen LogP contribution in [0.2, 0.25) is 0 Å². The zero-order valence-corrected chi connectivity index (χ0v) is 13.2. The van der Waals surface area contributed by atoms with Crippen molar-refractivity contribution in [2.24, 2.45) is 12.5 Å². The Hall–Kier alpha value is -2.37. The third-order valence-electron chi connectivity index (χ3n) is 5.46. The van der Waals surface area contributed by atoms with Crippen molar-refractivity contribution in [2.75, 3.05) is 13.1 Å². The first-order valence-corrected chi connectivity index (χ1v) is 8.07. The van der Waals surface area contributed by atoms with E-state index in [4.69, 9.17) is 0 Å². The van der Waals surface area contributed by atoms with Gasteiger partial charge in [-0.3, -0.25) is 9.78 Å². The van der Waals surface area contributed by atoms with Crippen LogP contribution >= 0.6 is 0 Å². The first-order chi connectivity index (χ1) is 11.1. The SMILES string of the molecule is Cn1nc(C(=O)N2CC(c3ccccc3)C3(CCC3)C2)[nH]c1=O. The first-order valence-electron chi connectivity index (χ1n) is 8.07. The van der Waals surface area contributed by atoms with E-state index in [1.165, 1.54) is 12.0 Å². The van der Waals surface area contributed by atoms with E-state index in [-0.39, 0.29) is 22.8 Å². The number of nitrogens with one attached hydrogen (secondary N) is 1. The summed E-state index contributed by atoms with van der Waals surface area (Å²) < 4.78 is 1.16. The molecule has 2 heterocycles. The topological polar surface area (TPSA) is 71.0 Å². The third kappa shape index (κ3) is 2.20. The molecule has 1 aromatic carbocycles. The Kier molecular flexibility index (Phi) is 3.14. The molecule has 6 nitrogen and oxygen atoms in total. The molecule has 1 saturated heterocycles. The Morgan fingerprint density at radius 1 is 1.30 bits per heavy atom. The minimum atomic E-state index is -0.356. The molecular weight excluding hydrogens is 292 g/mol. The van der Waals surface area contributed by atoms with Crippen LogP contribution in [0.3, 0.4) is 0 Å². The molecule has 1 spiro atoms. The van der Waals surface area contributed by atoms with Crippen LogP contribution < -0.4 is 5.69 Å². The summed E-state index contributed by atoms with van der Waals surface area (Å²) >= 11 is 0. The summed E-state index contributed by atoms with van der Waals surface area (Å²) in [5, 5.41) is 4.00. The number of aromatic nitrogens is 3. The largest absolute Gasteiger partial charge is 0.343 e. The lowest BCUT2D eigenvalue weighted by atomic mass is 9.61. The molecule has 1 amide bonds. The van der Waals surface area contributed by atoms with Crippen molar-refractivity contribution in [2.45, 2.75) is 25.2 Å². The van der Waals surface area contributed by atoms with E-state index in [1.54, 1.807) is 7.05 Å². The molecule has 120 valence electrons. The Morgan fingerprint density at radius 2 is 2.04 bits per heavy atom. The van der Waals surface area contributed by atoms with Gasteiger partial charge in [0.2, 0.25) is 5.82 Å². The number of hydrogen-bond donors (Lipinski definition) is 1. The van der Waals surface area contributed by atoms with E-state index in [0.717, 1.165) is 24.1 Å². The maximum atomic E-state index is 12.7. The lowest BCUT2D eigenvalue weighted by Crippen LogP contribution is -2.38. The molecule has 2 aliphatic rings. The fourth-order valence-electron chi connectivity index (χ4n) is 4.05. The standard InChI is InChI=1S/C17H20N4O2/c1-20-16(23)18-14(19-20)15(22)21-10-13(12-6-3-2-4-7-12)17(11-21)8-5-9-17/h2-4,6-7,13H,5,8-11H2,1H3,(H,18,19,23). The average Bonchev–Trinajstić information content (AvgIpc) is 3.09. The van der Waals surface area contributed by atoms with Crippen molar-refractivity contribution in [3.8, 4) is 0 Å². The summed E-state index contributed by atoms with van der Waals surface area (Å²) in [6.07, 6.45) is 3.55. The Bertz CT molecular complexity index is 788. The Labute approximate surface area is 134 Å². The van der Waals surface area contributed by atoms with Gasteiger partial charge in [-0.15, -0.1) is 5.10 Å². The fourth-order valence-corrected chi connectivity index (χ4v) is 4.05. The molecule has 1 atom stereocenters. The molecule has 23 heavy (non-hydrogen) atoms. The monoisotopic (exact) mass is 312 g/mol. The minimum absolute atomic E-state index is 0.140. The van der Waals surface area contributed by atoms with Gasteiger partial charge in [-0.2, -0.15) is 0 Å². The highest BCUT2D eigenvalue weighted by molar-refractivity contribution is 5.90. The highest BCUT2D eigenvalue weighted by Gasteiger charge is 2.52. The van der Waals surface area contributed by atoms with Crippen LogP contribution in [0.1, 0.15) is 41.4 Å². The number of hydrogen-bond acceptors (Lipinski definition) is 3. The Morgan fingerprint density at radius 3 is 2.61 bits per heavy atom.